The van der Waals surface area contributed by atoms with Gasteiger partial charge in [0.05, 0.1) is 0 Å². The van der Waals surface area contributed by atoms with E-state index in [0.29, 0.717) is 45.2 Å². The van der Waals surface area contributed by atoms with Crippen molar-refractivity contribution in [2.45, 2.75) is 63.7 Å². The summed E-state index contributed by atoms with van der Waals surface area (Å²) in [5, 5.41) is 12.5. The van der Waals surface area contributed by atoms with Crippen molar-refractivity contribution < 1.29 is 19.5 Å². The Morgan fingerprint density at radius 1 is 0.923 bits per heavy atom. The molecule has 202 valence electrons. The van der Waals surface area contributed by atoms with E-state index in [9.17, 15) is 19.5 Å². The Bertz CT molecular complexity index is 1320. The molecular formula is C32H35N3O4. The molecule has 0 saturated carbocycles. The molecule has 0 bridgehead atoms. The minimum Gasteiger partial charge on any atom is -0.508 e. The summed E-state index contributed by atoms with van der Waals surface area (Å²) in [5.74, 6) is -0.296. The molecule has 7 heteroatoms. The number of rotatable bonds is 9. The first-order valence-electron chi connectivity index (χ1n) is 13.7. The minimum atomic E-state index is -0.749. The third-order valence-corrected chi connectivity index (χ3v) is 7.81. The number of amides is 3. The third-order valence-electron chi connectivity index (χ3n) is 7.81. The second-order valence-electron chi connectivity index (χ2n) is 10.4. The van der Waals surface area contributed by atoms with E-state index in [1.807, 2.05) is 73.7 Å². The molecule has 3 aromatic carbocycles. The van der Waals surface area contributed by atoms with Crippen molar-refractivity contribution >= 4 is 17.7 Å². The van der Waals surface area contributed by atoms with Crippen LogP contribution in [0.25, 0.3) is 0 Å². The van der Waals surface area contributed by atoms with Crippen molar-refractivity contribution in [2.24, 2.45) is 0 Å². The summed E-state index contributed by atoms with van der Waals surface area (Å²) in [6, 6.07) is 22.4. The zero-order valence-corrected chi connectivity index (χ0v) is 22.3. The zero-order chi connectivity index (χ0) is 27.4. The molecular weight excluding hydrogens is 490 g/mol. The van der Waals surface area contributed by atoms with Gasteiger partial charge in [0.25, 0.3) is 0 Å². The number of nitrogens with one attached hydrogen (secondary N) is 1. The molecule has 2 heterocycles. The second-order valence-corrected chi connectivity index (χ2v) is 10.4. The first-order valence-corrected chi connectivity index (χ1v) is 13.7. The zero-order valence-electron chi connectivity index (χ0n) is 22.3. The number of phenols is 1. The van der Waals surface area contributed by atoms with E-state index in [1.165, 1.54) is 0 Å². The van der Waals surface area contributed by atoms with Crippen LogP contribution < -0.4 is 5.32 Å². The summed E-state index contributed by atoms with van der Waals surface area (Å²) in [6.45, 7) is 2.79. The summed E-state index contributed by atoms with van der Waals surface area (Å²) in [6.07, 6.45) is 2.58. The fourth-order valence-corrected chi connectivity index (χ4v) is 5.79. The quantitative estimate of drug-likeness (QED) is 0.447. The van der Waals surface area contributed by atoms with Crippen LogP contribution in [0.15, 0.2) is 78.9 Å². The average molecular weight is 526 g/mol. The highest BCUT2D eigenvalue weighted by Gasteiger charge is 2.50. The number of piperazine rings is 1. The molecule has 0 radical (unpaired) electrons. The third kappa shape index (κ3) is 5.67. The number of nitrogens with zero attached hydrogens (tertiary/aromatic N) is 2. The normalized spacial score (nSPS) is 19.3. The minimum absolute atomic E-state index is 0.101. The van der Waals surface area contributed by atoms with E-state index in [2.05, 4.69) is 5.32 Å². The van der Waals surface area contributed by atoms with Crippen molar-refractivity contribution in [3.8, 4) is 5.75 Å². The van der Waals surface area contributed by atoms with E-state index >= 15 is 0 Å². The Morgan fingerprint density at radius 2 is 1.62 bits per heavy atom. The molecule has 0 aliphatic carbocycles. The first kappa shape index (κ1) is 26.5. The van der Waals surface area contributed by atoms with Gasteiger partial charge in [0.1, 0.15) is 23.9 Å². The van der Waals surface area contributed by atoms with E-state index in [4.69, 9.17) is 0 Å². The maximum absolute atomic E-state index is 14.2. The Labute approximate surface area is 229 Å². The molecule has 39 heavy (non-hydrogen) atoms. The molecule has 3 amide bonds. The molecule has 2 aliphatic rings. The number of carbonyl (C=O) groups excluding carboxylic acids is 3. The number of phenolic OH excluding ortho intramolecular Hbond substituents is 1. The van der Waals surface area contributed by atoms with Gasteiger partial charge < -0.3 is 20.2 Å². The number of benzene rings is 3. The second kappa shape index (κ2) is 11.7. The van der Waals surface area contributed by atoms with Gasteiger partial charge in [-0.15, -0.1) is 0 Å². The van der Waals surface area contributed by atoms with Crippen LogP contribution in [0, 0.1) is 0 Å². The predicted molar refractivity (Wildman–Crippen MR) is 149 cm³/mol. The predicted octanol–water partition coefficient (Wildman–Crippen LogP) is 3.63. The largest absolute Gasteiger partial charge is 0.508 e. The molecule has 5 rings (SSSR count). The highest BCUT2D eigenvalue weighted by molar-refractivity contribution is 6.00. The van der Waals surface area contributed by atoms with Gasteiger partial charge in [-0.1, -0.05) is 80.1 Å². The Kier molecular flexibility index (Phi) is 7.96. The highest BCUT2D eigenvalue weighted by Crippen LogP contribution is 2.32. The summed E-state index contributed by atoms with van der Waals surface area (Å²) < 4.78 is 0. The summed E-state index contributed by atoms with van der Waals surface area (Å²) in [4.78, 5) is 45.2. The molecule has 1 unspecified atom stereocenters. The van der Waals surface area contributed by atoms with Crippen LogP contribution in [0.4, 0.5) is 0 Å². The monoisotopic (exact) mass is 525 g/mol. The van der Waals surface area contributed by atoms with E-state index < -0.39 is 18.1 Å². The number of aromatic hydroxyl groups is 1. The van der Waals surface area contributed by atoms with Gasteiger partial charge in [-0.2, -0.15) is 0 Å². The Morgan fingerprint density at radius 3 is 2.33 bits per heavy atom. The summed E-state index contributed by atoms with van der Waals surface area (Å²) >= 11 is 0. The lowest BCUT2D eigenvalue weighted by molar-refractivity contribution is -0.167. The summed E-state index contributed by atoms with van der Waals surface area (Å²) in [7, 11) is 0. The lowest BCUT2D eigenvalue weighted by atomic mass is 9.87. The molecule has 0 spiro atoms. The molecule has 3 aromatic rings. The SMILES string of the molecule is CCCC(C(=O)NCCc1ccc(O)cc1)N1C(=O)[C@@H]2Cc3ccccc3CN2C(=O)[C@@H]1Cc1ccccc1. The van der Waals surface area contributed by atoms with Crippen LogP contribution in [0.2, 0.25) is 0 Å². The smallest absolute Gasteiger partial charge is 0.247 e. The summed E-state index contributed by atoms with van der Waals surface area (Å²) in [5.41, 5.74) is 4.08. The standard InChI is InChI=1S/C32H35N3O4/c1-2-8-27(30(37)33-18-17-22-13-15-26(36)16-14-22)35-29(19-23-9-4-3-5-10-23)31(38)34-21-25-12-7-6-11-24(25)20-28(34)32(35)39/h3-7,9-16,27-29,36H,2,8,17-21H2,1H3,(H,33,37)/t27?,28-,29-/m0/s1. The van der Waals surface area contributed by atoms with Gasteiger partial charge in [0.15, 0.2) is 0 Å². The molecule has 2 aliphatic heterocycles. The van der Waals surface area contributed by atoms with Crippen LogP contribution in [-0.2, 0) is 40.2 Å². The van der Waals surface area contributed by atoms with Gasteiger partial charge in [-0.25, -0.2) is 0 Å². The number of hydrogen-bond acceptors (Lipinski definition) is 4. The number of hydrogen-bond donors (Lipinski definition) is 2. The van der Waals surface area contributed by atoms with Crippen LogP contribution in [0.5, 0.6) is 5.75 Å². The Hall–Kier alpha value is -4.13. The number of carbonyl (C=O) groups is 3. The molecule has 7 nitrogen and oxygen atoms in total. The number of fused-ring (bicyclic) bond motifs is 2. The van der Waals surface area contributed by atoms with E-state index in [-0.39, 0.29) is 23.5 Å². The fourth-order valence-electron chi connectivity index (χ4n) is 5.79. The van der Waals surface area contributed by atoms with E-state index in [0.717, 1.165) is 22.3 Å². The van der Waals surface area contributed by atoms with Gasteiger partial charge in [-0.3, -0.25) is 14.4 Å². The fraction of sp³-hybridized carbons (Fsp3) is 0.344. The van der Waals surface area contributed by atoms with Crippen LogP contribution in [0.3, 0.4) is 0 Å². The van der Waals surface area contributed by atoms with Gasteiger partial charge in [-0.05, 0) is 47.2 Å². The molecule has 0 aromatic heterocycles. The van der Waals surface area contributed by atoms with Gasteiger partial charge >= 0.3 is 0 Å². The van der Waals surface area contributed by atoms with Crippen molar-refractivity contribution in [1.29, 1.82) is 0 Å². The van der Waals surface area contributed by atoms with Crippen LogP contribution in [-0.4, -0.2) is 57.3 Å². The topological polar surface area (TPSA) is 89.9 Å². The lowest BCUT2D eigenvalue weighted by Gasteiger charge is -2.49. The molecule has 3 atom stereocenters. The average Bonchev–Trinajstić information content (AvgIpc) is 2.96. The lowest BCUT2D eigenvalue weighted by Crippen LogP contribution is -2.70. The first-order chi connectivity index (χ1) is 19.0. The maximum atomic E-state index is 14.2. The molecule has 2 N–H and O–H groups in total. The highest BCUT2D eigenvalue weighted by atomic mass is 16.3. The van der Waals surface area contributed by atoms with Crippen molar-refractivity contribution in [3.63, 3.8) is 0 Å². The van der Waals surface area contributed by atoms with Gasteiger partial charge in [0, 0.05) is 25.9 Å². The van der Waals surface area contributed by atoms with Crippen molar-refractivity contribution in [2.75, 3.05) is 6.54 Å². The Balaban J connectivity index is 1.42. The van der Waals surface area contributed by atoms with Crippen molar-refractivity contribution in [3.05, 3.63) is 101 Å². The van der Waals surface area contributed by atoms with Crippen LogP contribution >= 0.6 is 0 Å². The molecule has 1 fully saturated rings. The van der Waals surface area contributed by atoms with Gasteiger partial charge in [0.2, 0.25) is 17.7 Å². The van der Waals surface area contributed by atoms with Crippen molar-refractivity contribution in [1.82, 2.24) is 15.1 Å². The maximum Gasteiger partial charge on any atom is 0.247 e. The molecule has 1 saturated heterocycles. The van der Waals surface area contributed by atoms with Crippen LogP contribution in [0.1, 0.15) is 42.0 Å². The van der Waals surface area contributed by atoms with E-state index in [1.54, 1.807) is 21.9 Å².